The van der Waals surface area contributed by atoms with Crippen LogP contribution in [0.3, 0.4) is 0 Å². The predicted octanol–water partition coefficient (Wildman–Crippen LogP) is 7.42. The van der Waals surface area contributed by atoms with Crippen molar-refractivity contribution in [2.24, 2.45) is 16.7 Å². The molecule has 0 bridgehead atoms. The third-order valence-electron chi connectivity index (χ3n) is 6.95. The average molecular weight is 451 g/mol. The molecule has 1 fully saturated rings. The van der Waals surface area contributed by atoms with Gasteiger partial charge in [-0.3, -0.25) is 0 Å². The molecule has 174 valence electrons. The zero-order valence-electron chi connectivity index (χ0n) is 22.0. The van der Waals surface area contributed by atoms with Crippen LogP contribution in [-0.2, 0) is 4.43 Å². The van der Waals surface area contributed by atoms with Crippen LogP contribution in [0.4, 0.5) is 0 Å². The van der Waals surface area contributed by atoms with E-state index in [4.69, 9.17) is 4.43 Å². The van der Waals surface area contributed by atoms with Gasteiger partial charge in [0, 0.05) is 17.4 Å². The second kappa shape index (κ2) is 10.1. The molecule has 1 rings (SSSR count). The molecule has 0 aromatic rings. The van der Waals surface area contributed by atoms with Gasteiger partial charge >= 0.3 is 0 Å². The van der Waals surface area contributed by atoms with Crippen molar-refractivity contribution < 1.29 is 9.53 Å². The lowest BCUT2D eigenvalue weighted by atomic mass is 9.87. The molecule has 0 radical (unpaired) electrons. The highest BCUT2D eigenvalue weighted by atomic mass is 28.4. The van der Waals surface area contributed by atoms with Gasteiger partial charge in [-0.05, 0) is 49.2 Å². The summed E-state index contributed by atoms with van der Waals surface area (Å²) in [5, 5.41) is 10.7. The van der Waals surface area contributed by atoms with Crippen molar-refractivity contribution in [1.82, 2.24) is 0 Å². The van der Waals surface area contributed by atoms with Crippen LogP contribution in [0.2, 0.25) is 36.3 Å². The molecule has 0 amide bonds. The number of hydrogen-bond acceptors (Lipinski definition) is 2. The van der Waals surface area contributed by atoms with Gasteiger partial charge in [-0.1, -0.05) is 80.3 Å². The monoisotopic (exact) mass is 450 g/mol. The van der Waals surface area contributed by atoms with E-state index in [1.165, 1.54) is 0 Å². The van der Waals surface area contributed by atoms with Gasteiger partial charge in [-0.2, -0.15) is 0 Å². The van der Waals surface area contributed by atoms with Crippen LogP contribution in [0.15, 0.2) is 12.2 Å². The Morgan fingerprint density at radius 2 is 1.53 bits per heavy atom. The van der Waals surface area contributed by atoms with E-state index in [0.717, 1.165) is 13.0 Å². The fourth-order valence-corrected chi connectivity index (χ4v) is 11.3. The highest BCUT2D eigenvalue weighted by Crippen LogP contribution is 2.55. The molecular formula is C26H50O2Si2. The summed E-state index contributed by atoms with van der Waals surface area (Å²) >= 11 is 0. The molecular weight excluding hydrogens is 400 g/mol. The van der Waals surface area contributed by atoms with E-state index >= 15 is 0 Å². The first kappa shape index (κ1) is 27.7. The van der Waals surface area contributed by atoms with Crippen molar-refractivity contribution in [3.05, 3.63) is 12.2 Å². The molecule has 0 aromatic heterocycles. The Labute approximate surface area is 190 Å². The third kappa shape index (κ3) is 7.36. The molecule has 0 aliphatic heterocycles. The second-order valence-electron chi connectivity index (χ2n) is 12.5. The molecule has 4 heteroatoms. The van der Waals surface area contributed by atoms with Gasteiger partial charge in [0.25, 0.3) is 0 Å². The van der Waals surface area contributed by atoms with E-state index in [1.54, 1.807) is 0 Å². The molecule has 1 aliphatic rings. The maximum absolute atomic E-state index is 10.7. The molecule has 0 saturated heterocycles. The first-order valence-corrected chi connectivity index (χ1v) is 17.7. The Bertz CT molecular complexity index is 624. The van der Waals surface area contributed by atoms with Gasteiger partial charge in [0.1, 0.15) is 8.07 Å². The van der Waals surface area contributed by atoms with Crippen molar-refractivity contribution in [3.63, 3.8) is 0 Å². The van der Waals surface area contributed by atoms with Crippen LogP contribution in [0.25, 0.3) is 0 Å². The molecule has 0 spiro atoms. The van der Waals surface area contributed by atoms with Gasteiger partial charge in [-0.15, -0.1) is 11.5 Å². The Hall–Kier alpha value is -0.346. The van der Waals surface area contributed by atoms with Gasteiger partial charge in [0.2, 0.25) is 0 Å². The zero-order valence-corrected chi connectivity index (χ0v) is 24.0. The fourth-order valence-electron chi connectivity index (χ4n) is 5.05. The highest BCUT2D eigenvalue weighted by molar-refractivity contribution is 6.83. The Kier molecular flexibility index (Phi) is 9.29. The van der Waals surface area contributed by atoms with Crippen LogP contribution in [0, 0.1) is 28.2 Å². The topological polar surface area (TPSA) is 29.5 Å². The SMILES string of the molecule is CC(C)[Si](OC[C@]1(/C=C/C(O)CC(C)(C)C#C[Si](C)(C)C)C[C@H]1C)(C(C)C)C(C)C. The summed E-state index contributed by atoms with van der Waals surface area (Å²) in [6, 6.07) is 0. The lowest BCUT2D eigenvalue weighted by Gasteiger charge is -2.43. The Morgan fingerprint density at radius 1 is 1.07 bits per heavy atom. The smallest absolute Gasteiger partial charge is 0.200 e. The highest BCUT2D eigenvalue weighted by Gasteiger charge is 2.53. The molecule has 0 aromatic carbocycles. The van der Waals surface area contributed by atoms with Crippen LogP contribution in [0.5, 0.6) is 0 Å². The summed E-state index contributed by atoms with van der Waals surface area (Å²) in [4.78, 5) is 0. The van der Waals surface area contributed by atoms with Gasteiger partial charge in [-0.25, -0.2) is 0 Å². The van der Waals surface area contributed by atoms with Crippen molar-refractivity contribution in [2.45, 2.75) is 118 Å². The summed E-state index contributed by atoms with van der Waals surface area (Å²) in [6.45, 7) is 28.3. The van der Waals surface area contributed by atoms with Crippen molar-refractivity contribution >= 4 is 16.4 Å². The zero-order chi connectivity index (χ0) is 23.5. The molecule has 1 aliphatic carbocycles. The molecule has 0 heterocycles. The van der Waals surface area contributed by atoms with E-state index in [-0.39, 0.29) is 10.8 Å². The van der Waals surface area contributed by atoms with Crippen LogP contribution < -0.4 is 0 Å². The minimum Gasteiger partial charge on any atom is -0.415 e. The third-order valence-corrected chi connectivity index (χ3v) is 13.9. The first-order chi connectivity index (χ1) is 13.5. The summed E-state index contributed by atoms with van der Waals surface area (Å²) in [5.41, 5.74) is 5.20. The molecule has 3 atom stereocenters. The minimum absolute atomic E-state index is 0.103. The normalized spacial score (nSPS) is 23.9. The van der Waals surface area contributed by atoms with E-state index in [9.17, 15) is 5.11 Å². The fraction of sp³-hybridized carbons (Fsp3) is 0.846. The summed E-state index contributed by atoms with van der Waals surface area (Å²) in [6.07, 6.45) is 5.67. The molecule has 30 heavy (non-hydrogen) atoms. The molecule has 1 unspecified atom stereocenters. The molecule has 1 saturated carbocycles. The summed E-state index contributed by atoms with van der Waals surface area (Å²) < 4.78 is 6.91. The molecule has 2 nitrogen and oxygen atoms in total. The van der Waals surface area contributed by atoms with Crippen molar-refractivity contribution in [1.29, 1.82) is 0 Å². The molecule has 1 N–H and O–H groups in total. The van der Waals surface area contributed by atoms with Gasteiger partial charge < -0.3 is 9.53 Å². The maximum atomic E-state index is 10.7. The number of aliphatic hydroxyl groups is 1. The number of hydrogen-bond donors (Lipinski definition) is 1. The maximum Gasteiger partial charge on any atom is 0.200 e. The van der Waals surface area contributed by atoms with E-state index in [1.807, 2.05) is 6.08 Å². The quantitative estimate of drug-likeness (QED) is 0.213. The van der Waals surface area contributed by atoms with E-state index in [2.05, 4.69) is 99.5 Å². The van der Waals surface area contributed by atoms with Gasteiger partial charge in [0.05, 0.1) is 6.10 Å². The summed E-state index contributed by atoms with van der Waals surface area (Å²) in [7, 11) is -3.26. The first-order valence-electron chi connectivity index (χ1n) is 12.0. The summed E-state index contributed by atoms with van der Waals surface area (Å²) in [5.74, 6) is 4.06. The second-order valence-corrected chi connectivity index (χ2v) is 22.7. The average Bonchev–Trinajstić information content (AvgIpc) is 3.20. The minimum atomic E-state index is -1.86. The number of rotatable bonds is 10. The standard InChI is InChI=1S/C26H50O2Si2/c1-20(2)30(21(3)4,22(5)6)28-19-26(17-23(26)7)14-13-24(27)18-25(8,9)15-16-29(10,11)12/h13-14,20-24,27H,17-19H2,1-12H3/b14-13+/t23-,24?,26+/m1/s1. The van der Waals surface area contributed by atoms with E-state index < -0.39 is 22.5 Å². The lowest BCUT2D eigenvalue weighted by Crippen LogP contribution is -2.48. The predicted molar refractivity (Wildman–Crippen MR) is 138 cm³/mol. The van der Waals surface area contributed by atoms with Crippen LogP contribution in [0.1, 0.15) is 75.2 Å². The number of aliphatic hydroxyl groups excluding tert-OH is 1. The lowest BCUT2D eigenvalue weighted by molar-refractivity contribution is 0.174. The van der Waals surface area contributed by atoms with E-state index in [0.29, 0.717) is 29.0 Å². The van der Waals surface area contributed by atoms with Crippen molar-refractivity contribution in [2.75, 3.05) is 6.61 Å². The van der Waals surface area contributed by atoms with Crippen LogP contribution >= 0.6 is 0 Å². The largest absolute Gasteiger partial charge is 0.415 e. The van der Waals surface area contributed by atoms with Crippen molar-refractivity contribution in [3.8, 4) is 11.5 Å². The Morgan fingerprint density at radius 3 is 1.90 bits per heavy atom. The Balaban J connectivity index is 2.87. The van der Waals surface area contributed by atoms with Gasteiger partial charge in [0.15, 0.2) is 8.32 Å². The van der Waals surface area contributed by atoms with Crippen LogP contribution in [-0.4, -0.2) is 34.2 Å².